The fourth-order valence-corrected chi connectivity index (χ4v) is 2.70. The van der Waals surface area contributed by atoms with E-state index in [2.05, 4.69) is 5.32 Å². The van der Waals surface area contributed by atoms with Crippen molar-refractivity contribution in [3.63, 3.8) is 0 Å². The van der Waals surface area contributed by atoms with E-state index in [1.54, 1.807) is 6.08 Å². The average Bonchev–Trinajstić information content (AvgIpc) is 2.97. The van der Waals surface area contributed by atoms with E-state index in [4.69, 9.17) is 5.73 Å². The molecule has 1 atom stereocenters. The van der Waals surface area contributed by atoms with Crippen LogP contribution in [0.25, 0.3) is 6.08 Å². The minimum absolute atomic E-state index is 0.0498. The van der Waals surface area contributed by atoms with Crippen molar-refractivity contribution in [2.24, 2.45) is 11.7 Å². The monoisotopic (exact) mass is 258 g/mol. The summed E-state index contributed by atoms with van der Waals surface area (Å²) in [7, 11) is 0. The van der Waals surface area contributed by atoms with E-state index in [9.17, 15) is 4.79 Å². The molecule has 3 N–H and O–H groups in total. The van der Waals surface area contributed by atoms with Gasteiger partial charge >= 0.3 is 0 Å². The predicted molar refractivity (Wildman–Crippen MR) is 78.4 cm³/mol. The lowest BCUT2D eigenvalue weighted by Gasteiger charge is -2.22. The van der Waals surface area contributed by atoms with Crippen LogP contribution in [-0.4, -0.2) is 18.5 Å². The predicted octanol–water partition coefficient (Wildman–Crippen LogP) is 2.33. The Morgan fingerprint density at radius 3 is 2.63 bits per heavy atom. The summed E-state index contributed by atoms with van der Waals surface area (Å²) in [6.45, 7) is 0.523. The molecule has 1 aromatic rings. The smallest absolute Gasteiger partial charge is 0.244 e. The normalized spacial score (nSPS) is 17.7. The Bertz CT molecular complexity index is 422. The van der Waals surface area contributed by atoms with E-state index in [0.717, 1.165) is 5.56 Å². The van der Waals surface area contributed by atoms with Gasteiger partial charge in [0.15, 0.2) is 0 Å². The Labute approximate surface area is 114 Å². The van der Waals surface area contributed by atoms with Gasteiger partial charge in [-0.15, -0.1) is 0 Å². The third-order valence-corrected chi connectivity index (χ3v) is 3.78. The van der Waals surface area contributed by atoms with Gasteiger partial charge < -0.3 is 11.1 Å². The highest BCUT2D eigenvalue weighted by molar-refractivity contribution is 5.91. The van der Waals surface area contributed by atoms with Crippen molar-refractivity contribution in [3.8, 4) is 0 Å². The van der Waals surface area contributed by atoms with Crippen LogP contribution in [0.1, 0.15) is 31.2 Å². The second-order valence-corrected chi connectivity index (χ2v) is 5.14. The molecule has 3 heteroatoms. The largest absolute Gasteiger partial charge is 0.348 e. The maximum absolute atomic E-state index is 11.9. The Morgan fingerprint density at radius 1 is 1.32 bits per heavy atom. The standard InChI is InChI=1S/C16H22N2O/c17-12-15(14-8-4-5-9-14)18-16(19)11-10-13-6-2-1-3-7-13/h1-3,6-7,10-11,14-15H,4-5,8-9,12,17H2,(H,18,19)/b11-10+. The quantitative estimate of drug-likeness (QED) is 0.796. The molecule has 0 aromatic heterocycles. The number of amides is 1. The van der Waals surface area contributed by atoms with Crippen LogP contribution in [0.4, 0.5) is 0 Å². The van der Waals surface area contributed by atoms with Gasteiger partial charge in [-0.2, -0.15) is 0 Å². The van der Waals surface area contributed by atoms with E-state index >= 15 is 0 Å². The molecule has 1 aliphatic rings. The highest BCUT2D eigenvalue weighted by Crippen LogP contribution is 2.27. The van der Waals surface area contributed by atoms with E-state index in [1.807, 2.05) is 36.4 Å². The molecule has 1 aliphatic carbocycles. The van der Waals surface area contributed by atoms with Gasteiger partial charge in [0.05, 0.1) is 0 Å². The summed E-state index contributed by atoms with van der Waals surface area (Å²) in [6, 6.07) is 9.94. The molecule has 102 valence electrons. The maximum atomic E-state index is 11.9. The zero-order valence-electron chi connectivity index (χ0n) is 11.2. The van der Waals surface area contributed by atoms with Crippen LogP contribution < -0.4 is 11.1 Å². The van der Waals surface area contributed by atoms with Gasteiger partial charge in [0.1, 0.15) is 0 Å². The molecule has 19 heavy (non-hydrogen) atoms. The Kier molecular flexibility index (Phi) is 5.16. The number of nitrogens with one attached hydrogen (secondary N) is 1. The molecule has 2 rings (SSSR count). The zero-order chi connectivity index (χ0) is 13.5. The van der Waals surface area contributed by atoms with Crippen LogP contribution in [-0.2, 0) is 4.79 Å². The van der Waals surface area contributed by atoms with Crippen molar-refractivity contribution in [3.05, 3.63) is 42.0 Å². The van der Waals surface area contributed by atoms with E-state index in [-0.39, 0.29) is 11.9 Å². The number of rotatable bonds is 5. The lowest BCUT2D eigenvalue weighted by atomic mass is 9.98. The molecule has 0 spiro atoms. The Hall–Kier alpha value is -1.61. The minimum Gasteiger partial charge on any atom is -0.348 e. The first kappa shape index (κ1) is 13.8. The van der Waals surface area contributed by atoms with Crippen LogP contribution in [0.2, 0.25) is 0 Å². The molecule has 1 fully saturated rings. The topological polar surface area (TPSA) is 55.1 Å². The van der Waals surface area contributed by atoms with Gasteiger partial charge in [-0.3, -0.25) is 4.79 Å². The van der Waals surface area contributed by atoms with Crippen molar-refractivity contribution in [2.75, 3.05) is 6.54 Å². The number of hydrogen-bond donors (Lipinski definition) is 2. The molecule has 0 bridgehead atoms. The summed E-state index contributed by atoms with van der Waals surface area (Å²) >= 11 is 0. The van der Waals surface area contributed by atoms with Crippen LogP contribution >= 0.6 is 0 Å². The first-order valence-electron chi connectivity index (χ1n) is 7.03. The molecule has 0 saturated heterocycles. The number of nitrogens with two attached hydrogens (primary N) is 1. The highest BCUT2D eigenvalue weighted by atomic mass is 16.1. The van der Waals surface area contributed by atoms with E-state index in [1.165, 1.54) is 25.7 Å². The molecular weight excluding hydrogens is 236 g/mol. The van der Waals surface area contributed by atoms with Crippen molar-refractivity contribution < 1.29 is 4.79 Å². The van der Waals surface area contributed by atoms with Crippen LogP contribution in [0.5, 0.6) is 0 Å². The lowest BCUT2D eigenvalue weighted by Crippen LogP contribution is -2.43. The molecule has 1 amide bonds. The number of benzene rings is 1. The summed E-state index contributed by atoms with van der Waals surface area (Å²) in [5.41, 5.74) is 6.80. The second-order valence-electron chi connectivity index (χ2n) is 5.14. The zero-order valence-corrected chi connectivity index (χ0v) is 11.2. The van der Waals surface area contributed by atoms with Gasteiger partial charge in [-0.1, -0.05) is 43.2 Å². The second kappa shape index (κ2) is 7.10. The first-order chi connectivity index (χ1) is 9.29. The maximum Gasteiger partial charge on any atom is 0.244 e. The molecule has 0 aliphatic heterocycles. The summed E-state index contributed by atoms with van der Waals surface area (Å²) in [4.78, 5) is 11.9. The van der Waals surface area contributed by atoms with Crippen LogP contribution in [0.3, 0.4) is 0 Å². The van der Waals surface area contributed by atoms with Gasteiger partial charge in [0.25, 0.3) is 0 Å². The average molecular weight is 258 g/mol. The first-order valence-corrected chi connectivity index (χ1v) is 7.03. The fourth-order valence-electron chi connectivity index (χ4n) is 2.70. The van der Waals surface area contributed by atoms with Gasteiger partial charge in [0, 0.05) is 18.7 Å². The minimum atomic E-state index is -0.0498. The summed E-state index contributed by atoms with van der Waals surface area (Å²) in [5.74, 6) is 0.505. The number of hydrogen-bond acceptors (Lipinski definition) is 2. The summed E-state index contributed by atoms with van der Waals surface area (Å²) < 4.78 is 0. The lowest BCUT2D eigenvalue weighted by molar-refractivity contribution is -0.117. The third-order valence-electron chi connectivity index (χ3n) is 3.78. The number of carbonyl (C=O) groups excluding carboxylic acids is 1. The molecule has 1 unspecified atom stereocenters. The van der Waals surface area contributed by atoms with Crippen molar-refractivity contribution >= 4 is 12.0 Å². The summed E-state index contributed by atoms with van der Waals surface area (Å²) in [6.07, 6.45) is 8.31. The molecule has 1 saturated carbocycles. The van der Waals surface area contributed by atoms with Crippen molar-refractivity contribution in [1.29, 1.82) is 0 Å². The summed E-state index contributed by atoms with van der Waals surface area (Å²) in [5, 5.41) is 3.03. The fraction of sp³-hybridized carbons (Fsp3) is 0.438. The van der Waals surface area contributed by atoms with Crippen LogP contribution in [0.15, 0.2) is 36.4 Å². The Balaban J connectivity index is 1.87. The number of carbonyl (C=O) groups is 1. The van der Waals surface area contributed by atoms with Crippen LogP contribution in [0, 0.1) is 5.92 Å². The Morgan fingerprint density at radius 2 is 2.00 bits per heavy atom. The van der Waals surface area contributed by atoms with E-state index in [0.29, 0.717) is 12.5 Å². The van der Waals surface area contributed by atoms with Gasteiger partial charge in [-0.25, -0.2) is 0 Å². The SMILES string of the molecule is NCC(NC(=O)/C=C/c1ccccc1)C1CCCC1. The van der Waals surface area contributed by atoms with Crippen molar-refractivity contribution in [2.45, 2.75) is 31.7 Å². The molecule has 1 aromatic carbocycles. The molecular formula is C16H22N2O. The van der Waals surface area contributed by atoms with Crippen molar-refractivity contribution in [1.82, 2.24) is 5.32 Å². The van der Waals surface area contributed by atoms with Gasteiger partial charge in [-0.05, 0) is 30.4 Å². The molecule has 3 nitrogen and oxygen atoms in total. The highest BCUT2D eigenvalue weighted by Gasteiger charge is 2.24. The third kappa shape index (κ3) is 4.21. The molecule has 0 radical (unpaired) electrons. The molecule has 0 heterocycles. The van der Waals surface area contributed by atoms with E-state index < -0.39 is 0 Å². The van der Waals surface area contributed by atoms with Gasteiger partial charge in [0.2, 0.25) is 5.91 Å².